The molecule has 0 aliphatic rings. The molecule has 0 atom stereocenters. The molecule has 5 heteroatoms. The molecule has 3 rings (SSSR count). The van der Waals surface area contributed by atoms with Crippen LogP contribution in [0.4, 0.5) is 5.82 Å². The minimum Gasteiger partial charge on any atom is -0.370 e. The Bertz CT molecular complexity index is 655. The van der Waals surface area contributed by atoms with Gasteiger partial charge in [0.25, 0.3) is 0 Å². The van der Waals surface area contributed by atoms with Gasteiger partial charge in [-0.1, -0.05) is 30.3 Å². The van der Waals surface area contributed by atoms with Crippen LogP contribution in [0.25, 0.3) is 22.8 Å². The standard InChI is InChI=1S/C16H15N5/c1-2-18-15-10-14(12-6-4-3-5-7-12)20-16(21-15)13-8-9-17-11-19-13/h3-11H,2H2,1H3,(H,18,20,21). The van der Waals surface area contributed by atoms with Crippen molar-refractivity contribution in [2.24, 2.45) is 0 Å². The maximum atomic E-state index is 4.61. The van der Waals surface area contributed by atoms with E-state index in [2.05, 4.69) is 25.3 Å². The zero-order valence-electron chi connectivity index (χ0n) is 11.7. The first-order chi connectivity index (χ1) is 10.4. The predicted octanol–water partition coefficient (Wildman–Crippen LogP) is 3.03. The molecule has 0 aliphatic carbocycles. The van der Waals surface area contributed by atoms with Gasteiger partial charge in [-0.05, 0) is 13.0 Å². The summed E-state index contributed by atoms with van der Waals surface area (Å²) in [6.07, 6.45) is 3.19. The summed E-state index contributed by atoms with van der Waals surface area (Å²) in [7, 11) is 0. The van der Waals surface area contributed by atoms with E-state index in [-0.39, 0.29) is 0 Å². The van der Waals surface area contributed by atoms with E-state index >= 15 is 0 Å². The summed E-state index contributed by atoms with van der Waals surface area (Å²) in [5.41, 5.74) is 2.63. The molecule has 0 radical (unpaired) electrons. The minimum atomic E-state index is 0.592. The number of benzene rings is 1. The molecule has 0 spiro atoms. The van der Waals surface area contributed by atoms with E-state index in [1.165, 1.54) is 6.33 Å². The minimum absolute atomic E-state index is 0.592. The molecule has 0 amide bonds. The van der Waals surface area contributed by atoms with Gasteiger partial charge in [-0.3, -0.25) is 0 Å². The van der Waals surface area contributed by atoms with Crippen LogP contribution >= 0.6 is 0 Å². The van der Waals surface area contributed by atoms with E-state index in [4.69, 9.17) is 0 Å². The average Bonchev–Trinajstić information content (AvgIpc) is 2.56. The summed E-state index contributed by atoms with van der Waals surface area (Å²) in [6, 6.07) is 13.8. The highest BCUT2D eigenvalue weighted by molar-refractivity contribution is 5.66. The number of hydrogen-bond acceptors (Lipinski definition) is 5. The topological polar surface area (TPSA) is 63.6 Å². The SMILES string of the molecule is CCNc1cc(-c2ccccc2)nc(-c2ccncn2)n1. The number of anilines is 1. The lowest BCUT2D eigenvalue weighted by Crippen LogP contribution is -2.03. The zero-order valence-corrected chi connectivity index (χ0v) is 11.7. The number of rotatable bonds is 4. The number of hydrogen-bond donors (Lipinski definition) is 1. The smallest absolute Gasteiger partial charge is 0.180 e. The van der Waals surface area contributed by atoms with Gasteiger partial charge < -0.3 is 5.32 Å². The van der Waals surface area contributed by atoms with Crippen molar-refractivity contribution in [2.75, 3.05) is 11.9 Å². The summed E-state index contributed by atoms with van der Waals surface area (Å²) in [5.74, 6) is 1.38. The Morgan fingerprint density at radius 2 is 1.86 bits per heavy atom. The van der Waals surface area contributed by atoms with Crippen molar-refractivity contribution in [3.63, 3.8) is 0 Å². The van der Waals surface area contributed by atoms with Crippen molar-refractivity contribution >= 4 is 5.82 Å². The van der Waals surface area contributed by atoms with E-state index in [9.17, 15) is 0 Å². The largest absolute Gasteiger partial charge is 0.370 e. The number of aromatic nitrogens is 4. The fourth-order valence-corrected chi connectivity index (χ4v) is 2.01. The van der Waals surface area contributed by atoms with Crippen molar-refractivity contribution < 1.29 is 0 Å². The van der Waals surface area contributed by atoms with Crippen molar-refractivity contribution in [3.05, 3.63) is 55.0 Å². The fourth-order valence-electron chi connectivity index (χ4n) is 2.01. The summed E-state index contributed by atoms with van der Waals surface area (Å²) in [5, 5.41) is 3.23. The third kappa shape index (κ3) is 3.02. The molecule has 5 nitrogen and oxygen atoms in total. The molecule has 2 aromatic heterocycles. The summed E-state index contributed by atoms with van der Waals surface area (Å²) in [6.45, 7) is 2.84. The van der Waals surface area contributed by atoms with Gasteiger partial charge in [-0.15, -0.1) is 0 Å². The Balaban J connectivity index is 2.11. The highest BCUT2D eigenvalue weighted by Gasteiger charge is 2.09. The summed E-state index contributed by atoms with van der Waals surface area (Å²) >= 11 is 0. The Hall–Kier alpha value is -2.82. The zero-order chi connectivity index (χ0) is 14.5. The van der Waals surface area contributed by atoms with Crippen molar-refractivity contribution in [3.8, 4) is 22.8 Å². The lowest BCUT2D eigenvalue weighted by atomic mass is 10.1. The van der Waals surface area contributed by atoms with Crippen LogP contribution in [-0.4, -0.2) is 26.5 Å². The third-order valence-electron chi connectivity index (χ3n) is 2.96. The quantitative estimate of drug-likeness (QED) is 0.794. The lowest BCUT2D eigenvalue weighted by molar-refractivity contribution is 1.08. The maximum Gasteiger partial charge on any atom is 0.180 e. The first-order valence-corrected chi connectivity index (χ1v) is 6.81. The highest BCUT2D eigenvalue weighted by Crippen LogP contribution is 2.22. The second-order valence-corrected chi connectivity index (χ2v) is 4.45. The predicted molar refractivity (Wildman–Crippen MR) is 82.7 cm³/mol. The molecule has 0 unspecified atom stereocenters. The molecule has 0 fully saturated rings. The fraction of sp³-hybridized carbons (Fsp3) is 0.125. The molecule has 2 heterocycles. The summed E-state index contributed by atoms with van der Waals surface area (Å²) in [4.78, 5) is 17.3. The van der Waals surface area contributed by atoms with Crippen LogP contribution in [0.1, 0.15) is 6.92 Å². The third-order valence-corrected chi connectivity index (χ3v) is 2.96. The first-order valence-electron chi connectivity index (χ1n) is 6.81. The molecule has 0 bridgehead atoms. The van der Waals surface area contributed by atoms with E-state index in [0.29, 0.717) is 11.5 Å². The van der Waals surface area contributed by atoms with Gasteiger partial charge in [0.05, 0.1) is 5.69 Å². The lowest BCUT2D eigenvalue weighted by Gasteiger charge is -2.08. The van der Waals surface area contributed by atoms with Gasteiger partial charge in [0.1, 0.15) is 17.8 Å². The molecule has 1 N–H and O–H groups in total. The molecule has 0 aliphatic heterocycles. The molecule has 3 aromatic rings. The van der Waals surface area contributed by atoms with Gasteiger partial charge in [0.15, 0.2) is 5.82 Å². The van der Waals surface area contributed by atoms with Gasteiger partial charge in [0.2, 0.25) is 0 Å². The van der Waals surface area contributed by atoms with Crippen LogP contribution in [0.2, 0.25) is 0 Å². The van der Waals surface area contributed by atoms with E-state index in [0.717, 1.165) is 23.6 Å². The van der Waals surface area contributed by atoms with Gasteiger partial charge >= 0.3 is 0 Å². The average molecular weight is 277 g/mol. The van der Waals surface area contributed by atoms with Crippen molar-refractivity contribution in [1.82, 2.24) is 19.9 Å². The second-order valence-electron chi connectivity index (χ2n) is 4.45. The van der Waals surface area contributed by atoms with Crippen LogP contribution in [0.5, 0.6) is 0 Å². The van der Waals surface area contributed by atoms with Crippen LogP contribution in [0, 0.1) is 0 Å². The van der Waals surface area contributed by atoms with Crippen LogP contribution in [0.15, 0.2) is 55.0 Å². The summed E-state index contributed by atoms with van der Waals surface area (Å²) < 4.78 is 0. The van der Waals surface area contributed by atoms with Crippen molar-refractivity contribution in [2.45, 2.75) is 6.92 Å². The van der Waals surface area contributed by atoms with E-state index in [1.807, 2.05) is 43.3 Å². The maximum absolute atomic E-state index is 4.61. The normalized spacial score (nSPS) is 10.3. The van der Waals surface area contributed by atoms with Gasteiger partial charge in [-0.25, -0.2) is 19.9 Å². The molecule has 104 valence electrons. The Morgan fingerprint density at radius 3 is 2.57 bits per heavy atom. The Kier molecular flexibility index (Phi) is 3.82. The molecular formula is C16H15N5. The van der Waals surface area contributed by atoms with Crippen LogP contribution in [-0.2, 0) is 0 Å². The molecule has 1 aromatic carbocycles. The Labute approximate surface area is 123 Å². The highest BCUT2D eigenvalue weighted by atomic mass is 15.0. The van der Waals surface area contributed by atoms with Crippen LogP contribution < -0.4 is 5.32 Å². The van der Waals surface area contributed by atoms with E-state index in [1.54, 1.807) is 12.3 Å². The number of nitrogens with zero attached hydrogens (tertiary/aromatic N) is 4. The molecule has 0 saturated heterocycles. The van der Waals surface area contributed by atoms with Gasteiger partial charge in [-0.2, -0.15) is 0 Å². The molecular weight excluding hydrogens is 262 g/mol. The first kappa shape index (κ1) is 13.2. The molecule has 0 saturated carbocycles. The monoisotopic (exact) mass is 277 g/mol. The van der Waals surface area contributed by atoms with Gasteiger partial charge in [0, 0.05) is 24.4 Å². The number of nitrogens with one attached hydrogen (secondary N) is 1. The Morgan fingerprint density at radius 1 is 1.00 bits per heavy atom. The van der Waals surface area contributed by atoms with Crippen LogP contribution in [0.3, 0.4) is 0 Å². The van der Waals surface area contributed by atoms with Crippen molar-refractivity contribution in [1.29, 1.82) is 0 Å². The molecule has 21 heavy (non-hydrogen) atoms. The van der Waals surface area contributed by atoms with E-state index < -0.39 is 0 Å². The second kappa shape index (κ2) is 6.09.